The Morgan fingerprint density at radius 1 is 1.30 bits per heavy atom. The largest absolute Gasteiger partial charge is 0.431 e. The van der Waals surface area contributed by atoms with E-state index in [1.165, 1.54) is 30.8 Å². The van der Waals surface area contributed by atoms with E-state index in [0.29, 0.717) is 23.0 Å². The zero-order chi connectivity index (χ0) is 24.3. The zero-order valence-electron chi connectivity index (χ0n) is 18.2. The van der Waals surface area contributed by atoms with E-state index in [-0.39, 0.29) is 39.7 Å². The number of pyridine rings is 2. The summed E-state index contributed by atoms with van der Waals surface area (Å²) >= 11 is 0. The van der Waals surface area contributed by atoms with Gasteiger partial charge in [0, 0.05) is 25.5 Å². The maximum atomic E-state index is 13.5. The molecule has 12 heteroatoms. The average Bonchev–Trinajstić information content (AvgIpc) is 3.50. The SMILES string of the molecule is CCn1c(C(F)(F)F)cc2nc(-c3ncc(C4(C#N)CC4)cc3[S@](=N)(=O)CC)n(C)c2c1=O. The molecule has 33 heavy (non-hydrogen) atoms. The maximum Gasteiger partial charge on any atom is 0.431 e. The monoisotopic (exact) mass is 478 g/mol. The summed E-state index contributed by atoms with van der Waals surface area (Å²) in [6.07, 6.45) is -2.05. The number of nitrogens with one attached hydrogen (secondary N) is 1. The van der Waals surface area contributed by atoms with Crippen LogP contribution >= 0.6 is 0 Å². The van der Waals surface area contributed by atoms with Gasteiger partial charge in [-0.15, -0.1) is 0 Å². The number of hydrogen-bond acceptors (Lipinski definition) is 6. The fraction of sp³-hybridized carbons (Fsp3) is 0.429. The van der Waals surface area contributed by atoms with Crippen molar-refractivity contribution in [3.05, 3.63) is 39.9 Å². The van der Waals surface area contributed by atoms with Crippen LogP contribution in [0.5, 0.6) is 0 Å². The summed E-state index contributed by atoms with van der Waals surface area (Å²) in [5.74, 6) is -0.00368. The molecule has 0 radical (unpaired) electrons. The molecule has 0 unspecified atom stereocenters. The van der Waals surface area contributed by atoms with Gasteiger partial charge in [-0.1, -0.05) is 6.92 Å². The molecule has 1 aliphatic rings. The van der Waals surface area contributed by atoms with Gasteiger partial charge < -0.3 is 9.13 Å². The Bertz CT molecular complexity index is 1490. The first-order valence-corrected chi connectivity index (χ1v) is 12.0. The van der Waals surface area contributed by atoms with E-state index in [4.69, 9.17) is 4.78 Å². The normalized spacial score (nSPS) is 17.0. The molecule has 0 saturated heterocycles. The number of hydrogen-bond donors (Lipinski definition) is 1. The zero-order valence-corrected chi connectivity index (χ0v) is 19.0. The molecule has 8 nitrogen and oxygen atoms in total. The number of nitriles is 1. The van der Waals surface area contributed by atoms with Gasteiger partial charge >= 0.3 is 6.18 Å². The summed E-state index contributed by atoms with van der Waals surface area (Å²) in [5.41, 5.74) is -2.33. The van der Waals surface area contributed by atoms with E-state index in [0.717, 1.165) is 6.07 Å². The van der Waals surface area contributed by atoms with E-state index in [1.54, 1.807) is 6.92 Å². The van der Waals surface area contributed by atoms with Crippen molar-refractivity contribution in [3.8, 4) is 17.6 Å². The minimum atomic E-state index is -4.75. The quantitative estimate of drug-likeness (QED) is 0.598. The summed E-state index contributed by atoms with van der Waals surface area (Å²) in [6, 6.07) is 4.56. The number of aromatic nitrogens is 4. The topological polar surface area (TPSA) is 117 Å². The highest BCUT2D eigenvalue weighted by atomic mass is 32.2. The Balaban J connectivity index is 2.04. The smallest absolute Gasteiger partial charge is 0.321 e. The highest BCUT2D eigenvalue weighted by molar-refractivity contribution is 7.92. The molecule has 3 aromatic rings. The summed E-state index contributed by atoms with van der Waals surface area (Å²) in [4.78, 5) is 21.6. The first-order chi connectivity index (χ1) is 15.4. The molecule has 1 fully saturated rings. The Morgan fingerprint density at radius 3 is 2.48 bits per heavy atom. The van der Waals surface area contributed by atoms with Crippen molar-refractivity contribution in [2.45, 2.75) is 49.7 Å². The molecule has 0 aromatic carbocycles. The summed E-state index contributed by atoms with van der Waals surface area (Å²) < 4.78 is 64.0. The number of imidazole rings is 1. The first kappa shape index (κ1) is 23.0. The second-order valence-electron chi connectivity index (χ2n) is 8.03. The number of aryl methyl sites for hydroxylation is 1. The molecule has 1 aliphatic carbocycles. The van der Waals surface area contributed by atoms with E-state index in [1.807, 2.05) is 0 Å². The molecule has 0 spiro atoms. The van der Waals surface area contributed by atoms with Gasteiger partial charge in [0.1, 0.15) is 16.9 Å². The van der Waals surface area contributed by atoms with Crippen molar-refractivity contribution in [2.24, 2.45) is 7.05 Å². The fourth-order valence-corrected chi connectivity index (χ4v) is 5.03. The Labute approximate surface area is 187 Å². The lowest BCUT2D eigenvalue weighted by Crippen LogP contribution is -2.28. The standard InChI is InChI=1S/C21H21F3N6O2S/c1-4-30-15(21(22,23)24)9-13-17(19(30)31)29(3)18(28-13)16-14(33(26,32)5-2)8-12(10-27-16)20(11-25)6-7-20/h8-10,26H,4-7H2,1-3H3/t33-/m1/s1. The molecule has 3 heterocycles. The summed E-state index contributed by atoms with van der Waals surface area (Å²) in [7, 11) is -1.87. The van der Waals surface area contributed by atoms with Crippen molar-refractivity contribution in [2.75, 3.05) is 5.75 Å². The predicted molar refractivity (Wildman–Crippen MR) is 115 cm³/mol. The van der Waals surface area contributed by atoms with Gasteiger partial charge in [0.05, 0.1) is 31.6 Å². The van der Waals surface area contributed by atoms with Crippen molar-refractivity contribution in [1.82, 2.24) is 19.1 Å². The third-order valence-corrected chi connectivity index (χ3v) is 7.92. The Morgan fingerprint density at radius 2 is 1.97 bits per heavy atom. The van der Waals surface area contributed by atoms with Crippen molar-refractivity contribution >= 4 is 20.8 Å². The van der Waals surface area contributed by atoms with Gasteiger partial charge in [-0.25, -0.2) is 14.0 Å². The number of nitrogens with zero attached hydrogens (tertiary/aromatic N) is 5. The predicted octanol–water partition coefficient (Wildman–Crippen LogP) is 3.82. The second kappa shape index (κ2) is 7.41. The van der Waals surface area contributed by atoms with E-state index < -0.39 is 32.6 Å². The van der Waals surface area contributed by atoms with Crippen LogP contribution in [-0.4, -0.2) is 29.1 Å². The van der Waals surface area contributed by atoms with E-state index in [9.17, 15) is 27.4 Å². The number of alkyl halides is 3. The van der Waals surface area contributed by atoms with Crippen LogP contribution < -0.4 is 5.56 Å². The lowest BCUT2D eigenvalue weighted by molar-refractivity contribution is -0.144. The third-order valence-electron chi connectivity index (χ3n) is 6.08. The van der Waals surface area contributed by atoms with Crippen LogP contribution in [0.3, 0.4) is 0 Å². The van der Waals surface area contributed by atoms with E-state index in [2.05, 4.69) is 16.0 Å². The van der Waals surface area contributed by atoms with Crippen LogP contribution in [0.1, 0.15) is 37.9 Å². The molecule has 1 saturated carbocycles. The second-order valence-corrected chi connectivity index (χ2v) is 10.4. The van der Waals surface area contributed by atoms with Gasteiger partial charge in [-0.3, -0.25) is 9.78 Å². The summed E-state index contributed by atoms with van der Waals surface area (Å²) in [6.45, 7) is 2.83. The van der Waals surface area contributed by atoms with Crippen LogP contribution in [0.15, 0.2) is 28.0 Å². The molecule has 1 atom stereocenters. The van der Waals surface area contributed by atoms with Crippen LogP contribution in [0.25, 0.3) is 22.6 Å². The van der Waals surface area contributed by atoms with Crippen LogP contribution in [-0.2, 0) is 34.9 Å². The molecular weight excluding hydrogens is 457 g/mol. The number of rotatable bonds is 5. The van der Waals surface area contributed by atoms with E-state index >= 15 is 0 Å². The van der Waals surface area contributed by atoms with Gasteiger partial charge in [0.2, 0.25) is 0 Å². The molecule has 0 amide bonds. The Hall–Kier alpha value is -3.20. The van der Waals surface area contributed by atoms with Crippen LogP contribution in [0.2, 0.25) is 0 Å². The molecule has 4 rings (SSSR count). The average molecular weight is 479 g/mol. The molecule has 0 bridgehead atoms. The number of fused-ring (bicyclic) bond motifs is 1. The minimum Gasteiger partial charge on any atom is -0.321 e. The highest BCUT2D eigenvalue weighted by Crippen LogP contribution is 2.48. The number of halogens is 3. The lowest BCUT2D eigenvalue weighted by atomic mass is 9.99. The maximum absolute atomic E-state index is 13.5. The van der Waals surface area contributed by atoms with Crippen LogP contribution in [0.4, 0.5) is 13.2 Å². The fourth-order valence-electron chi connectivity index (χ4n) is 3.95. The third kappa shape index (κ3) is 3.51. The van der Waals surface area contributed by atoms with Crippen molar-refractivity contribution in [1.29, 1.82) is 10.0 Å². The molecule has 174 valence electrons. The molecule has 1 N–H and O–H groups in total. The van der Waals surface area contributed by atoms with Gasteiger partial charge in [0.15, 0.2) is 5.82 Å². The highest BCUT2D eigenvalue weighted by Gasteiger charge is 2.46. The van der Waals surface area contributed by atoms with Gasteiger partial charge in [0.25, 0.3) is 5.56 Å². The molecule has 3 aromatic heterocycles. The first-order valence-electron chi connectivity index (χ1n) is 10.3. The lowest BCUT2D eigenvalue weighted by Gasteiger charge is -2.15. The molecular formula is C21H21F3N6O2S. The molecule has 0 aliphatic heterocycles. The summed E-state index contributed by atoms with van der Waals surface area (Å²) in [5, 5.41) is 9.52. The van der Waals surface area contributed by atoms with Gasteiger partial charge in [-0.2, -0.15) is 18.4 Å². The van der Waals surface area contributed by atoms with Crippen molar-refractivity contribution < 1.29 is 17.4 Å². The van der Waals surface area contributed by atoms with Gasteiger partial charge in [-0.05, 0) is 37.5 Å². The Kier molecular flexibility index (Phi) is 5.16. The van der Waals surface area contributed by atoms with Crippen LogP contribution in [0, 0.1) is 16.1 Å². The minimum absolute atomic E-state index is 0.0286. The van der Waals surface area contributed by atoms with Crippen molar-refractivity contribution in [3.63, 3.8) is 0 Å².